The molecule has 88 valence electrons. The van der Waals surface area contributed by atoms with Crippen LogP contribution in [0.5, 0.6) is 0 Å². The largest absolute Gasteiger partial charge is 0.446 e. The van der Waals surface area contributed by atoms with Gasteiger partial charge in [-0.25, -0.2) is 4.98 Å². The number of carbonyl (C=O) groups is 1. The first-order valence-electron chi connectivity index (χ1n) is 5.72. The van der Waals surface area contributed by atoms with Gasteiger partial charge in [0, 0.05) is 6.04 Å². The van der Waals surface area contributed by atoms with Crippen molar-refractivity contribution in [3.8, 4) is 0 Å². The lowest BCUT2D eigenvalue weighted by atomic mass is 9.93. The van der Waals surface area contributed by atoms with Crippen LogP contribution in [0.1, 0.15) is 55.0 Å². The normalized spacial score (nSPS) is 17.9. The molecule has 0 saturated heterocycles. The molecule has 1 fully saturated rings. The quantitative estimate of drug-likeness (QED) is 0.807. The second-order valence-corrected chi connectivity index (χ2v) is 4.19. The first kappa shape index (κ1) is 11.1. The van der Waals surface area contributed by atoms with Crippen molar-refractivity contribution in [2.24, 2.45) is 5.73 Å². The Hall–Kier alpha value is -1.36. The molecule has 1 heterocycles. The van der Waals surface area contributed by atoms with Gasteiger partial charge in [0.15, 0.2) is 5.69 Å². The summed E-state index contributed by atoms with van der Waals surface area (Å²) in [5, 5.41) is 2.90. The molecule has 0 bridgehead atoms. The summed E-state index contributed by atoms with van der Waals surface area (Å²) in [7, 11) is 0. The number of hydrogen-bond acceptors (Lipinski definition) is 4. The van der Waals surface area contributed by atoms with Crippen molar-refractivity contribution in [2.75, 3.05) is 0 Å². The highest BCUT2D eigenvalue weighted by atomic mass is 16.3. The minimum absolute atomic E-state index is 0.164. The van der Waals surface area contributed by atoms with Crippen LogP contribution in [0.15, 0.2) is 10.7 Å². The summed E-state index contributed by atoms with van der Waals surface area (Å²) >= 11 is 0. The summed E-state index contributed by atoms with van der Waals surface area (Å²) in [4.78, 5) is 15.8. The van der Waals surface area contributed by atoms with Crippen LogP contribution in [-0.4, -0.2) is 16.9 Å². The van der Waals surface area contributed by atoms with E-state index in [4.69, 9.17) is 10.2 Å². The van der Waals surface area contributed by atoms with Gasteiger partial charge in [0.2, 0.25) is 5.89 Å². The molecule has 1 aromatic rings. The van der Waals surface area contributed by atoms with Gasteiger partial charge in [0.25, 0.3) is 5.91 Å². The van der Waals surface area contributed by atoms with Crippen LogP contribution in [0, 0.1) is 0 Å². The van der Waals surface area contributed by atoms with Gasteiger partial charge in [-0.1, -0.05) is 6.92 Å². The van der Waals surface area contributed by atoms with E-state index in [9.17, 15) is 4.79 Å². The third kappa shape index (κ3) is 2.24. The maximum atomic E-state index is 11.7. The molecule has 5 heteroatoms. The Labute approximate surface area is 94.4 Å². The molecule has 1 aliphatic carbocycles. The number of nitrogens with zero attached hydrogens (tertiary/aromatic N) is 1. The maximum absolute atomic E-state index is 11.7. The standard InChI is InChI=1S/C11H17N3O2/c1-2-8(12)11-14-9(6-16-11)10(15)13-7-4-3-5-7/h6-8H,2-5,12H2,1H3,(H,13,15). The first-order valence-corrected chi connectivity index (χ1v) is 5.72. The number of aromatic nitrogens is 1. The van der Waals surface area contributed by atoms with Crippen molar-refractivity contribution in [3.05, 3.63) is 17.8 Å². The highest BCUT2D eigenvalue weighted by Gasteiger charge is 2.22. The summed E-state index contributed by atoms with van der Waals surface area (Å²) in [6, 6.07) is 0.0813. The predicted octanol–water partition coefficient (Wildman–Crippen LogP) is 1.37. The minimum atomic E-state index is -0.231. The average Bonchev–Trinajstić information content (AvgIpc) is 2.71. The van der Waals surface area contributed by atoms with Crippen LogP contribution in [0.4, 0.5) is 0 Å². The Kier molecular flexibility index (Phi) is 3.24. The lowest BCUT2D eigenvalue weighted by Crippen LogP contribution is -2.39. The number of oxazole rings is 1. The van der Waals surface area contributed by atoms with Crippen LogP contribution < -0.4 is 11.1 Å². The fourth-order valence-corrected chi connectivity index (χ4v) is 1.55. The fourth-order valence-electron chi connectivity index (χ4n) is 1.55. The molecule has 0 radical (unpaired) electrons. The van der Waals surface area contributed by atoms with E-state index in [0.717, 1.165) is 19.3 Å². The van der Waals surface area contributed by atoms with Crippen LogP contribution in [-0.2, 0) is 0 Å². The van der Waals surface area contributed by atoms with Gasteiger partial charge in [-0.2, -0.15) is 0 Å². The summed E-state index contributed by atoms with van der Waals surface area (Å²) in [5.74, 6) is 0.268. The molecular weight excluding hydrogens is 206 g/mol. The van der Waals surface area contributed by atoms with E-state index in [1.165, 1.54) is 12.7 Å². The summed E-state index contributed by atoms with van der Waals surface area (Å²) in [6.45, 7) is 1.95. The smallest absolute Gasteiger partial charge is 0.273 e. The van der Waals surface area contributed by atoms with Crippen molar-refractivity contribution < 1.29 is 9.21 Å². The summed E-state index contributed by atoms with van der Waals surface area (Å²) in [5.41, 5.74) is 6.08. The van der Waals surface area contributed by atoms with E-state index in [2.05, 4.69) is 10.3 Å². The molecule has 1 amide bonds. The number of nitrogens with two attached hydrogens (primary N) is 1. The van der Waals surface area contributed by atoms with E-state index >= 15 is 0 Å². The van der Waals surface area contributed by atoms with Gasteiger partial charge >= 0.3 is 0 Å². The monoisotopic (exact) mass is 223 g/mol. The average molecular weight is 223 g/mol. The van der Waals surface area contributed by atoms with Gasteiger partial charge in [0.05, 0.1) is 6.04 Å². The van der Waals surface area contributed by atoms with Gasteiger partial charge in [-0.15, -0.1) is 0 Å². The molecule has 0 aromatic carbocycles. The highest BCUT2D eigenvalue weighted by Crippen LogP contribution is 2.19. The number of rotatable bonds is 4. The maximum Gasteiger partial charge on any atom is 0.273 e. The zero-order chi connectivity index (χ0) is 11.5. The molecule has 1 atom stereocenters. The molecule has 1 aliphatic rings. The molecule has 1 aromatic heterocycles. The summed E-state index contributed by atoms with van der Waals surface area (Å²) < 4.78 is 5.17. The predicted molar refractivity (Wildman–Crippen MR) is 58.8 cm³/mol. The highest BCUT2D eigenvalue weighted by molar-refractivity contribution is 5.92. The molecule has 2 rings (SSSR count). The second kappa shape index (κ2) is 4.65. The first-order chi connectivity index (χ1) is 7.70. The van der Waals surface area contributed by atoms with Crippen molar-refractivity contribution in [1.82, 2.24) is 10.3 Å². The molecule has 1 unspecified atom stereocenters. The molecular formula is C11H17N3O2. The molecule has 0 aliphatic heterocycles. The van der Waals surface area contributed by atoms with Crippen molar-refractivity contribution in [2.45, 2.75) is 44.7 Å². The fraction of sp³-hybridized carbons (Fsp3) is 0.636. The minimum Gasteiger partial charge on any atom is -0.446 e. The van der Waals surface area contributed by atoms with E-state index in [-0.39, 0.29) is 11.9 Å². The van der Waals surface area contributed by atoms with Gasteiger partial charge < -0.3 is 15.5 Å². The third-order valence-corrected chi connectivity index (χ3v) is 2.95. The van der Waals surface area contributed by atoms with Gasteiger partial charge in [-0.3, -0.25) is 4.79 Å². The number of amides is 1. The zero-order valence-electron chi connectivity index (χ0n) is 9.40. The van der Waals surface area contributed by atoms with E-state index < -0.39 is 0 Å². The van der Waals surface area contributed by atoms with Crippen LogP contribution in [0.2, 0.25) is 0 Å². The Morgan fingerprint density at radius 1 is 1.75 bits per heavy atom. The Morgan fingerprint density at radius 2 is 2.50 bits per heavy atom. The third-order valence-electron chi connectivity index (χ3n) is 2.95. The van der Waals surface area contributed by atoms with Crippen LogP contribution >= 0.6 is 0 Å². The number of carbonyl (C=O) groups excluding carboxylic acids is 1. The van der Waals surface area contributed by atoms with Gasteiger partial charge in [0.1, 0.15) is 6.26 Å². The second-order valence-electron chi connectivity index (χ2n) is 4.19. The van der Waals surface area contributed by atoms with E-state index in [1.54, 1.807) is 0 Å². The van der Waals surface area contributed by atoms with Crippen molar-refractivity contribution >= 4 is 5.91 Å². The van der Waals surface area contributed by atoms with E-state index in [1.807, 2.05) is 6.92 Å². The topological polar surface area (TPSA) is 81.1 Å². The number of hydrogen-bond donors (Lipinski definition) is 2. The van der Waals surface area contributed by atoms with Crippen molar-refractivity contribution in [1.29, 1.82) is 0 Å². The Morgan fingerprint density at radius 3 is 3.06 bits per heavy atom. The molecule has 5 nitrogen and oxygen atoms in total. The molecule has 3 N–H and O–H groups in total. The molecule has 0 spiro atoms. The molecule has 1 saturated carbocycles. The lowest BCUT2D eigenvalue weighted by Gasteiger charge is -2.25. The molecule has 16 heavy (non-hydrogen) atoms. The zero-order valence-corrected chi connectivity index (χ0v) is 9.40. The Bertz CT molecular complexity index is 371. The van der Waals surface area contributed by atoms with Gasteiger partial charge in [-0.05, 0) is 25.7 Å². The van der Waals surface area contributed by atoms with Crippen LogP contribution in [0.3, 0.4) is 0 Å². The summed E-state index contributed by atoms with van der Waals surface area (Å²) in [6.07, 6.45) is 5.43. The van der Waals surface area contributed by atoms with Crippen LogP contribution in [0.25, 0.3) is 0 Å². The number of nitrogens with one attached hydrogen (secondary N) is 1. The lowest BCUT2D eigenvalue weighted by molar-refractivity contribution is 0.0912. The SMILES string of the molecule is CCC(N)c1nc(C(=O)NC2CCC2)co1. The van der Waals surface area contributed by atoms with E-state index in [0.29, 0.717) is 17.6 Å². The van der Waals surface area contributed by atoms with Crippen molar-refractivity contribution in [3.63, 3.8) is 0 Å². The Balaban J connectivity index is 1.97.